The molecular weight excluding hydrogens is 602 g/mol. The van der Waals surface area contributed by atoms with Crippen LogP contribution in [0.3, 0.4) is 0 Å². The van der Waals surface area contributed by atoms with Crippen molar-refractivity contribution in [3.63, 3.8) is 0 Å². The van der Waals surface area contributed by atoms with E-state index in [0.717, 1.165) is 6.42 Å². The van der Waals surface area contributed by atoms with Gasteiger partial charge in [0, 0.05) is 42.4 Å². The van der Waals surface area contributed by atoms with Crippen LogP contribution in [0.25, 0.3) is 22.9 Å². The number of likely N-dealkylation sites (tertiary alicyclic amines) is 1. The zero-order chi connectivity index (χ0) is 31.9. The lowest BCUT2D eigenvalue weighted by Gasteiger charge is -2.22. The van der Waals surface area contributed by atoms with Crippen LogP contribution >= 0.6 is 11.6 Å². The molecule has 1 aliphatic rings. The van der Waals surface area contributed by atoms with E-state index in [1.165, 1.54) is 31.1 Å². The van der Waals surface area contributed by atoms with E-state index in [0.29, 0.717) is 58.3 Å². The maximum absolute atomic E-state index is 13.3. The molecule has 3 N–H and O–H groups in total. The SMILES string of the molecule is COC(=O)Nc1ccc(-c2cc(C(CC3CCN(C(C)=O)C3)NC(=O)C=Cc3cc(Cl)ccc3-n3cnnn3)n[nH]c2=O)cc1. The Labute approximate surface area is 262 Å². The molecule has 1 saturated heterocycles. The smallest absolute Gasteiger partial charge is 0.411 e. The number of hydrogen-bond acceptors (Lipinski definition) is 9. The molecule has 0 saturated carbocycles. The minimum absolute atomic E-state index is 0.00415. The van der Waals surface area contributed by atoms with Gasteiger partial charge in [-0.3, -0.25) is 19.7 Å². The summed E-state index contributed by atoms with van der Waals surface area (Å²) in [6.45, 7) is 2.72. The first-order valence-corrected chi connectivity index (χ1v) is 14.4. The Balaban J connectivity index is 1.41. The molecule has 14 nitrogen and oxygen atoms in total. The number of tetrazole rings is 1. The van der Waals surface area contributed by atoms with Gasteiger partial charge in [-0.15, -0.1) is 5.10 Å². The monoisotopic (exact) mass is 631 g/mol. The van der Waals surface area contributed by atoms with Crippen molar-refractivity contribution in [2.24, 2.45) is 5.92 Å². The molecule has 1 fully saturated rings. The maximum atomic E-state index is 13.3. The molecule has 2 atom stereocenters. The molecule has 3 amide bonds. The average Bonchev–Trinajstić information content (AvgIpc) is 3.74. The van der Waals surface area contributed by atoms with Crippen LogP contribution in [0, 0.1) is 5.92 Å². The molecule has 4 aromatic rings. The number of H-pyrrole nitrogens is 1. The second-order valence-electron chi connectivity index (χ2n) is 10.4. The fraction of sp³-hybridized carbons (Fsp3) is 0.267. The molecule has 2 aromatic carbocycles. The summed E-state index contributed by atoms with van der Waals surface area (Å²) >= 11 is 6.22. The molecule has 15 heteroatoms. The van der Waals surface area contributed by atoms with E-state index in [9.17, 15) is 19.2 Å². The van der Waals surface area contributed by atoms with E-state index >= 15 is 0 Å². The van der Waals surface area contributed by atoms with Crippen molar-refractivity contribution in [1.29, 1.82) is 0 Å². The summed E-state index contributed by atoms with van der Waals surface area (Å²) in [7, 11) is 1.27. The highest BCUT2D eigenvalue weighted by Gasteiger charge is 2.29. The van der Waals surface area contributed by atoms with Crippen molar-refractivity contribution < 1.29 is 19.1 Å². The second-order valence-corrected chi connectivity index (χ2v) is 10.9. The number of rotatable bonds is 9. The number of methoxy groups -OCH3 is 1. The van der Waals surface area contributed by atoms with Gasteiger partial charge in [0.15, 0.2) is 0 Å². The van der Waals surface area contributed by atoms with Crippen LogP contribution in [0.4, 0.5) is 10.5 Å². The van der Waals surface area contributed by atoms with E-state index in [1.54, 1.807) is 59.5 Å². The number of aromatic amines is 1. The van der Waals surface area contributed by atoms with Crippen molar-refractivity contribution in [3.05, 3.63) is 87.6 Å². The Kier molecular flexibility index (Phi) is 9.63. The Morgan fingerprint density at radius 1 is 1.18 bits per heavy atom. The molecular formula is C30H30ClN9O5. The Morgan fingerprint density at radius 3 is 2.67 bits per heavy atom. The first kappa shape index (κ1) is 31.1. The first-order chi connectivity index (χ1) is 21.7. The van der Waals surface area contributed by atoms with Gasteiger partial charge in [-0.2, -0.15) is 9.78 Å². The van der Waals surface area contributed by atoms with Crippen LogP contribution in [-0.2, 0) is 14.3 Å². The van der Waals surface area contributed by atoms with E-state index in [-0.39, 0.29) is 11.8 Å². The molecule has 5 rings (SSSR count). The summed E-state index contributed by atoms with van der Waals surface area (Å²) in [5, 5.41) is 24.2. The molecule has 232 valence electrons. The molecule has 0 spiro atoms. The predicted molar refractivity (Wildman–Crippen MR) is 165 cm³/mol. The number of carbonyl (C=O) groups excluding carboxylic acids is 3. The van der Waals surface area contributed by atoms with Crippen LogP contribution in [0.5, 0.6) is 0 Å². The first-order valence-electron chi connectivity index (χ1n) is 14.0. The number of amides is 3. The summed E-state index contributed by atoms with van der Waals surface area (Å²) in [6.07, 6.45) is 5.06. The Morgan fingerprint density at radius 2 is 1.98 bits per heavy atom. The van der Waals surface area contributed by atoms with E-state index in [2.05, 4.69) is 41.1 Å². The average molecular weight is 632 g/mol. The van der Waals surface area contributed by atoms with Gasteiger partial charge in [0.2, 0.25) is 11.8 Å². The third kappa shape index (κ3) is 7.78. The van der Waals surface area contributed by atoms with Gasteiger partial charge in [-0.1, -0.05) is 23.7 Å². The molecule has 2 aromatic heterocycles. The Bertz CT molecular complexity index is 1770. The molecule has 0 aliphatic carbocycles. The zero-order valence-corrected chi connectivity index (χ0v) is 25.2. The molecule has 0 bridgehead atoms. The van der Waals surface area contributed by atoms with Crippen molar-refractivity contribution in [3.8, 4) is 16.8 Å². The number of anilines is 1. The second kappa shape index (κ2) is 13.9. The molecule has 2 unspecified atom stereocenters. The number of carbonyl (C=O) groups is 3. The van der Waals surface area contributed by atoms with Crippen molar-refractivity contribution >= 4 is 41.3 Å². The molecule has 0 radical (unpaired) electrons. The standard InChI is InChI=1S/C30H30ClN9O5/c1-18(41)39-12-11-19(16-39)13-25(34-28(42)10-5-21-14-22(31)6-9-27(21)40-17-32-37-38-40)26-15-24(29(43)36-35-26)20-3-7-23(8-4-20)33-30(44)45-2/h3-10,14-15,17,19,25H,11-13,16H2,1-2H3,(H,33,44)(H,34,42)(H,36,43). The van der Waals surface area contributed by atoms with Crippen LogP contribution in [0.2, 0.25) is 5.02 Å². The van der Waals surface area contributed by atoms with Crippen LogP contribution < -0.4 is 16.2 Å². The number of aromatic nitrogens is 6. The number of nitrogens with one attached hydrogen (secondary N) is 3. The van der Waals surface area contributed by atoms with Crippen LogP contribution in [-0.4, -0.2) is 73.4 Å². The summed E-state index contributed by atoms with van der Waals surface area (Å²) in [5.74, 6) is -0.309. The fourth-order valence-electron chi connectivity index (χ4n) is 5.14. The van der Waals surface area contributed by atoms with Gasteiger partial charge in [-0.05, 0) is 77.2 Å². The summed E-state index contributed by atoms with van der Waals surface area (Å²) in [4.78, 5) is 51.4. The van der Waals surface area contributed by atoms with Gasteiger partial charge in [0.05, 0.1) is 30.1 Å². The normalized spacial score (nSPS) is 15.2. The Hall–Kier alpha value is -5.37. The molecule has 1 aliphatic heterocycles. The fourth-order valence-corrected chi connectivity index (χ4v) is 5.32. The van der Waals surface area contributed by atoms with Gasteiger partial charge >= 0.3 is 6.09 Å². The third-order valence-electron chi connectivity index (χ3n) is 7.42. The van der Waals surface area contributed by atoms with Crippen LogP contribution in [0.1, 0.15) is 37.1 Å². The number of ether oxygens (including phenoxy) is 1. The summed E-state index contributed by atoms with van der Waals surface area (Å²) in [6, 6.07) is 12.8. The number of hydrogen-bond donors (Lipinski definition) is 3. The largest absolute Gasteiger partial charge is 0.453 e. The van der Waals surface area contributed by atoms with Gasteiger partial charge in [0.25, 0.3) is 5.56 Å². The van der Waals surface area contributed by atoms with Crippen molar-refractivity contribution in [2.75, 3.05) is 25.5 Å². The molecule has 3 heterocycles. The zero-order valence-electron chi connectivity index (χ0n) is 24.4. The summed E-state index contributed by atoms with van der Waals surface area (Å²) in [5.41, 5.74) is 2.68. The van der Waals surface area contributed by atoms with E-state index in [1.807, 2.05) is 0 Å². The lowest BCUT2D eigenvalue weighted by atomic mass is 9.95. The lowest BCUT2D eigenvalue weighted by molar-refractivity contribution is -0.128. The minimum atomic E-state index is -0.614. The highest BCUT2D eigenvalue weighted by atomic mass is 35.5. The summed E-state index contributed by atoms with van der Waals surface area (Å²) < 4.78 is 6.08. The van der Waals surface area contributed by atoms with Crippen molar-refractivity contribution in [1.82, 2.24) is 40.6 Å². The number of nitrogens with zero attached hydrogens (tertiary/aromatic N) is 6. The van der Waals surface area contributed by atoms with Gasteiger partial charge in [0.1, 0.15) is 6.33 Å². The quantitative estimate of drug-likeness (QED) is 0.234. The topological polar surface area (TPSA) is 177 Å². The maximum Gasteiger partial charge on any atom is 0.411 e. The van der Waals surface area contributed by atoms with Crippen LogP contribution in [0.15, 0.2) is 65.7 Å². The third-order valence-corrected chi connectivity index (χ3v) is 7.66. The lowest BCUT2D eigenvalue weighted by Crippen LogP contribution is -2.31. The number of halogens is 1. The van der Waals surface area contributed by atoms with Crippen molar-refractivity contribution in [2.45, 2.75) is 25.8 Å². The van der Waals surface area contributed by atoms with E-state index < -0.39 is 23.6 Å². The predicted octanol–water partition coefficient (Wildman–Crippen LogP) is 3.37. The highest BCUT2D eigenvalue weighted by Crippen LogP contribution is 2.29. The van der Waals surface area contributed by atoms with Gasteiger partial charge in [-0.25, -0.2) is 9.89 Å². The number of benzene rings is 2. The van der Waals surface area contributed by atoms with E-state index in [4.69, 9.17) is 11.6 Å². The molecule has 45 heavy (non-hydrogen) atoms. The highest BCUT2D eigenvalue weighted by molar-refractivity contribution is 6.30. The van der Waals surface area contributed by atoms with Gasteiger partial charge < -0.3 is 15.0 Å². The minimum Gasteiger partial charge on any atom is -0.453 e.